The number of amides is 2. The van der Waals surface area contributed by atoms with Crippen molar-refractivity contribution in [3.63, 3.8) is 0 Å². The zero-order chi connectivity index (χ0) is 20.1. The Bertz CT molecular complexity index is 957. The highest BCUT2D eigenvalue weighted by Gasteiger charge is 2.29. The summed E-state index contributed by atoms with van der Waals surface area (Å²) in [7, 11) is -3.02. The molecule has 0 aromatic heterocycles. The molecule has 1 heterocycles. The van der Waals surface area contributed by atoms with Crippen LogP contribution in [0.1, 0.15) is 41.7 Å². The van der Waals surface area contributed by atoms with Crippen LogP contribution in [-0.4, -0.2) is 31.7 Å². The van der Waals surface area contributed by atoms with Crippen molar-refractivity contribution in [2.24, 2.45) is 5.92 Å². The summed E-state index contributed by atoms with van der Waals surface area (Å²) in [5.41, 5.74) is 1.78. The Balaban J connectivity index is 1.65. The van der Waals surface area contributed by atoms with Crippen molar-refractivity contribution in [1.82, 2.24) is 5.32 Å². The number of sulfone groups is 1. The van der Waals surface area contributed by atoms with E-state index in [1.807, 2.05) is 37.3 Å². The lowest BCUT2D eigenvalue weighted by molar-refractivity contribution is -0.116. The molecule has 0 aliphatic carbocycles. The number of hydrogen-bond acceptors (Lipinski definition) is 4. The predicted octanol–water partition coefficient (Wildman–Crippen LogP) is 2.94. The maximum Gasteiger partial charge on any atom is 0.253 e. The zero-order valence-corrected chi connectivity index (χ0v) is 16.5. The lowest BCUT2D eigenvalue weighted by Gasteiger charge is -2.17. The van der Waals surface area contributed by atoms with Gasteiger partial charge in [-0.15, -0.1) is 0 Å². The van der Waals surface area contributed by atoms with Crippen molar-refractivity contribution in [3.8, 4) is 0 Å². The van der Waals surface area contributed by atoms with Gasteiger partial charge in [-0.1, -0.05) is 42.5 Å². The molecule has 2 amide bonds. The van der Waals surface area contributed by atoms with Crippen LogP contribution in [0, 0.1) is 5.92 Å². The van der Waals surface area contributed by atoms with Crippen molar-refractivity contribution in [1.29, 1.82) is 0 Å². The Labute approximate surface area is 165 Å². The second kappa shape index (κ2) is 8.56. The smallest absolute Gasteiger partial charge is 0.253 e. The van der Waals surface area contributed by atoms with Gasteiger partial charge >= 0.3 is 0 Å². The molecule has 1 aliphatic rings. The summed E-state index contributed by atoms with van der Waals surface area (Å²) in [4.78, 5) is 25.1. The van der Waals surface area contributed by atoms with Crippen LogP contribution < -0.4 is 10.6 Å². The molecule has 1 aliphatic heterocycles. The van der Waals surface area contributed by atoms with E-state index in [-0.39, 0.29) is 41.7 Å². The molecule has 0 bridgehead atoms. The molecule has 148 valence electrons. The lowest BCUT2D eigenvalue weighted by atomic mass is 10.0. The molecule has 2 atom stereocenters. The van der Waals surface area contributed by atoms with E-state index < -0.39 is 9.84 Å². The normalized spacial score (nSPS) is 19.0. The summed E-state index contributed by atoms with van der Waals surface area (Å²) < 4.78 is 23.1. The summed E-state index contributed by atoms with van der Waals surface area (Å²) in [5.74, 6) is -0.531. The van der Waals surface area contributed by atoms with E-state index in [0.717, 1.165) is 5.56 Å². The molecule has 2 aromatic rings. The van der Waals surface area contributed by atoms with Crippen molar-refractivity contribution in [2.75, 3.05) is 16.8 Å². The summed E-state index contributed by atoms with van der Waals surface area (Å²) >= 11 is 0. The topological polar surface area (TPSA) is 92.3 Å². The van der Waals surface area contributed by atoms with Crippen LogP contribution in [-0.2, 0) is 14.6 Å². The number of rotatable bonds is 6. The summed E-state index contributed by atoms with van der Waals surface area (Å²) in [5, 5.41) is 5.70. The number of benzene rings is 2. The van der Waals surface area contributed by atoms with Gasteiger partial charge in [0.15, 0.2) is 9.84 Å². The number of carbonyl (C=O) groups is 2. The summed E-state index contributed by atoms with van der Waals surface area (Å²) in [6.07, 6.45) is 0.641. The van der Waals surface area contributed by atoms with E-state index in [9.17, 15) is 18.0 Å². The van der Waals surface area contributed by atoms with Crippen molar-refractivity contribution >= 4 is 27.3 Å². The SMILES string of the molecule is C[C@H](NC(=O)c1ccccc1NC(=O)C[C@@H]1CCS(=O)(=O)C1)c1ccccc1. The van der Waals surface area contributed by atoms with Crippen LogP contribution in [0.3, 0.4) is 0 Å². The van der Waals surface area contributed by atoms with Gasteiger partial charge in [-0.25, -0.2) is 8.42 Å². The second-order valence-corrected chi connectivity index (χ2v) is 9.40. The molecule has 0 saturated carbocycles. The van der Waals surface area contributed by atoms with Gasteiger partial charge in [0.1, 0.15) is 0 Å². The first-order valence-electron chi connectivity index (χ1n) is 9.29. The third kappa shape index (κ3) is 5.19. The molecule has 7 heteroatoms. The zero-order valence-electron chi connectivity index (χ0n) is 15.7. The third-order valence-electron chi connectivity index (χ3n) is 4.89. The van der Waals surface area contributed by atoms with Crippen LogP contribution in [0.2, 0.25) is 0 Å². The molecular formula is C21H24N2O4S. The standard InChI is InChI=1S/C21H24N2O4S/c1-15(17-7-3-2-4-8-17)22-21(25)18-9-5-6-10-19(18)23-20(24)13-16-11-12-28(26,27)14-16/h2-10,15-16H,11-14H2,1H3,(H,22,25)(H,23,24)/t15-,16-/m0/s1. The quantitative estimate of drug-likeness (QED) is 0.780. The van der Waals surface area contributed by atoms with Gasteiger partial charge in [0.05, 0.1) is 28.8 Å². The largest absolute Gasteiger partial charge is 0.345 e. The molecule has 0 spiro atoms. The summed E-state index contributed by atoms with van der Waals surface area (Å²) in [6, 6.07) is 16.2. The van der Waals surface area contributed by atoms with Gasteiger partial charge in [-0.2, -0.15) is 0 Å². The van der Waals surface area contributed by atoms with Crippen LogP contribution in [0.25, 0.3) is 0 Å². The fourth-order valence-electron chi connectivity index (χ4n) is 3.39. The number of para-hydroxylation sites is 1. The Kier molecular flexibility index (Phi) is 6.14. The molecule has 6 nitrogen and oxygen atoms in total. The maximum absolute atomic E-state index is 12.7. The number of anilines is 1. The molecule has 1 fully saturated rings. The van der Waals surface area contributed by atoms with Crippen molar-refractivity contribution < 1.29 is 18.0 Å². The minimum absolute atomic E-state index is 0.0527. The predicted molar refractivity (Wildman–Crippen MR) is 109 cm³/mol. The van der Waals surface area contributed by atoms with E-state index in [4.69, 9.17) is 0 Å². The van der Waals surface area contributed by atoms with E-state index >= 15 is 0 Å². The second-order valence-electron chi connectivity index (χ2n) is 7.17. The van der Waals surface area contributed by atoms with Gasteiger partial charge < -0.3 is 10.6 Å². The maximum atomic E-state index is 12.7. The third-order valence-corrected chi connectivity index (χ3v) is 6.73. The van der Waals surface area contributed by atoms with Crippen LogP contribution in [0.5, 0.6) is 0 Å². The highest BCUT2D eigenvalue weighted by Crippen LogP contribution is 2.23. The van der Waals surface area contributed by atoms with E-state index in [0.29, 0.717) is 17.7 Å². The van der Waals surface area contributed by atoms with Gasteiger partial charge in [-0.05, 0) is 37.0 Å². The molecule has 2 N–H and O–H groups in total. The molecular weight excluding hydrogens is 376 g/mol. The minimum atomic E-state index is -3.02. The number of carbonyl (C=O) groups excluding carboxylic acids is 2. The van der Waals surface area contributed by atoms with E-state index in [1.165, 1.54) is 0 Å². The first kappa shape index (κ1) is 20.1. The van der Waals surface area contributed by atoms with Gasteiger partial charge in [-0.3, -0.25) is 9.59 Å². The fourth-order valence-corrected chi connectivity index (χ4v) is 5.25. The van der Waals surface area contributed by atoms with E-state index in [2.05, 4.69) is 10.6 Å². The van der Waals surface area contributed by atoms with Crippen LogP contribution >= 0.6 is 0 Å². The highest BCUT2D eigenvalue weighted by molar-refractivity contribution is 7.91. The molecule has 28 heavy (non-hydrogen) atoms. The van der Waals surface area contributed by atoms with E-state index in [1.54, 1.807) is 24.3 Å². The molecule has 0 radical (unpaired) electrons. The van der Waals surface area contributed by atoms with Gasteiger partial charge in [0.2, 0.25) is 5.91 Å². The average Bonchev–Trinajstić information content (AvgIpc) is 3.00. The Hall–Kier alpha value is -2.67. The Morgan fingerprint density at radius 1 is 1.07 bits per heavy atom. The Morgan fingerprint density at radius 3 is 2.43 bits per heavy atom. The minimum Gasteiger partial charge on any atom is -0.345 e. The molecule has 2 aromatic carbocycles. The van der Waals surface area contributed by atoms with Crippen LogP contribution in [0.4, 0.5) is 5.69 Å². The lowest BCUT2D eigenvalue weighted by Crippen LogP contribution is -2.28. The average molecular weight is 401 g/mol. The number of hydrogen-bond donors (Lipinski definition) is 2. The van der Waals surface area contributed by atoms with Crippen molar-refractivity contribution in [3.05, 3.63) is 65.7 Å². The first-order valence-corrected chi connectivity index (χ1v) is 11.1. The monoisotopic (exact) mass is 400 g/mol. The fraction of sp³-hybridized carbons (Fsp3) is 0.333. The van der Waals surface area contributed by atoms with Gasteiger partial charge in [0, 0.05) is 6.42 Å². The van der Waals surface area contributed by atoms with Crippen molar-refractivity contribution in [2.45, 2.75) is 25.8 Å². The molecule has 1 saturated heterocycles. The Morgan fingerprint density at radius 2 is 1.75 bits per heavy atom. The molecule has 3 rings (SSSR count). The summed E-state index contributed by atoms with van der Waals surface area (Å²) in [6.45, 7) is 1.90. The highest BCUT2D eigenvalue weighted by atomic mass is 32.2. The van der Waals surface area contributed by atoms with Gasteiger partial charge in [0.25, 0.3) is 5.91 Å². The molecule has 0 unspecified atom stereocenters. The van der Waals surface area contributed by atoms with Crippen LogP contribution in [0.15, 0.2) is 54.6 Å². The number of nitrogens with one attached hydrogen (secondary N) is 2. The first-order chi connectivity index (χ1) is 13.3.